The molecule has 1 aliphatic heterocycles. The van der Waals surface area contributed by atoms with Crippen LogP contribution in [0.2, 0.25) is 0 Å². The van der Waals surface area contributed by atoms with Gasteiger partial charge in [-0.25, -0.2) is 0 Å². The summed E-state index contributed by atoms with van der Waals surface area (Å²) in [6.45, 7) is 4.36. The molecule has 0 spiro atoms. The zero-order valence-electron chi connectivity index (χ0n) is 13.2. The number of nitrogens with one attached hydrogen (secondary N) is 1. The third kappa shape index (κ3) is 2.62. The summed E-state index contributed by atoms with van der Waals surface area (Å²) in [4.78, 5) is 14.5. The summed E-state index contributed by atoms with van der Waals surface area (Å²) >= 11 is 0. The van der Waals surface area contributed by atoms with E-state index in [0.717, 1.165) is 17.9 Å². The van der Waals surface area contributed by atoms with Crippen molar-refractivity contribution in [3.05, 3.63) is 42.0 Å². The molecular weight excluding hydrogens is 278 g/mol. The van der Waals surface area contributed by atoms with Gasteiger partial charge in [0.15, 0.2) is 0 Å². The van der Waals surface area contributed by atoms with Crippen molar-refractivity contribution < 1.29 is 4.79 Å². The largest absolute Gasteiger partial charge is 0.319 e. The Hall–Kier alpha value is -2.21. The fourth-order valence-corrected chi connectivity index (χ4v) is 3.05. The van der Waals surface area contributed by atoms with E-state index in [1.54, 1.807) is 6.33 Å². The first-order chi connectivity index (χ1) is 10.6. The SMILES string of the molecule is CC(NCC(=O)N1c2ccccc2CC1C)c1nncn1C. The molecule has 0 bridgehead atoms. The van der Waals surface area contributed by atoms with E-state index in [9.17, 15) is 4.79 Å². The van der Waals surface area contributed by atoms with Crippen LogP contribution in [0.15, 0.2) is 30.6 Å². The van der Waals surface area contributed by atoms with Gasteiger partial charge in [-0.2, -0.15) is 0 Å². The highest BCUT2D eigenvalue weighted by Crippen LogP contribution is 2.31. The monoisotopic (exact) mass is 299 g/mol. The first-order valence-electron chi connectivity index (χ1n) is 7.55. The lowest BCUT2D eigenvalue weighted by Gasteiger charge is -2.24. The second kappa shape index (κ2) is 5.88. The summed E-state index contributed by atoms with van der Waals surface area (Å²) in [6, 6.07) is 8.29. The Morgan fingerprint density at radius 2 is 2.23 bits per heavy atom. The molecule has 116 valence electrons. The number of anilines is 1. The quantitative estimate of drug-likeness (QED) is 0.928. The van der Waals surface area contributed by atoms with Gasteiger partial charge in [0.2, 0.25) is 5.91 Å². The maximum absolute atomic E-state index is 12.6. The van der Waals surface area contributed by atoms with Gasteiger partial charge in [0.1, 0.15) is 12.2 Å². The molecule has 0 saturated heterocycles. The van der Waals surface area contributed by atoms with Crippen LogP contribution in [0.1, 0.15) is 31.3 Å². The van der Waals surface area contributed by atoms with Crippen molar-refractivity contribution in [3.8, 4) is 0 Å². The molecule has 22 heavy (non-hydrogen) atoms. The van der Waals surface area contributed by atoms with Gasteiger partial charge < -0.3 is 9.47 Å². The molecule has 0 aliphatic carbocycles. The summed E-state index contributed by atoms with van der Waals surface area (Å²) in [6.07, 6.45) is 2.58. The number of aromatic nitrogens is 3. The van der Waals surface area contributed by atoms with E-state index in [1.807, 2.05) is 41.6 Å². The summed E-state index contributed by atoms with van der Waals surface area (Å²) in [7, 11) is 1.90. The van der Waals surface area contributed by atoms with Crippen LogP contribution in [0.4, 0.5) is 5.69 Å². The van der Waals surface area contributed by atoms with Gasteiger partial charge in [0, 0.05) is 18.8 Å². The van der Waals surface area contributed by atoms with Crippen LogP contribution in [-0.4, -0.2) is 33.3 Å². The lowest BCUT2D eigenvalue weighted by molar-refractivity contribution is -0.118. The predicted molar refractivity (Wildman–Crippen MR) is 84.5 cm³/mol. The van der Waals surface area contributed by atoms with E-state index in [0.29, 0.717) is 0 Å². The van der Waals surface area contributed by atoms with Crippen LogP contribution in [0.5, 0.6) is 0 Å². The molecule has 0 radical (unpaired) electrons. The number of fused-ring (bicyclic) bond motifs is 1. The van der Waals surface area contributed by atoms with Gasteiger partial charge in [0.25, 0.3) is 0 Å². The zero-order chi connectivity index (χ0) is 15.7. The van der Waals surface area contributed by atoms with Gasteiger partial charge in [-0.15, -0.1) is 10.2 Å². The Labute approximate surface area is 130 Å². The van der Waals surface area contributed by atoms with E-state index < -0.39 is 0 Å². The fourth-order valence-electron chi connectivity index (χ4n) is 3.05. The second-order valence-electron chi connectivity index (χ2n) is 5.85. The minimum absolute atomic E-state index is 0.0235. The number of hydrogen-bond donors (Lipinski definition) is 1. The Kier molecular flexibility index (Phi) is 3.94. The van der Waals surface area contributed by atoms with Crippen molar-refractivity contribution in [1.29, 1.82) is 0 Å². The molecule has 6 heteroatoms. The number of rotatable bonds is 4. The number of aryl methyl sites for hydroxylation is 1. The van der Waals surface area contributed by atoms with Gasteiger partial charge in [0.05, 0.1) is 12.6 Å². The molecule has 1 aromatic heterocycles. The van der Waals surface area contributed by atoms with Crippen molar-refractivity contribution >= 4 is 11.6 Å². The lowest BCUT2D eigenvalue weighted by Crippen LogP contribution is -2.42. The molecule has 1 amide bonds. The highest BCUT2D eigenvalue weighted by molar-refractivity contribution is 5.97. The molecule has 2 unspecified atom stereocenters. The third-order valence-corrected chi connectivity index (χ3v) is 4.17. The Bertz CT molecular complexity index is 681. The Balaban J connectivity index is 1.67. The van der Waals surface area contributed by atoms with E-state index in [4.69, 9.17) is 0 Å². The molecule has 0 saturated carbocycles. The molecule has 1 N–H and O–H groups in total. The van der Waals surface area contributed by atoms with Crippen molar-refractivity contribution in [2.24, 2.45) is 7.05 Å². The second-order valence-corrected chi connectivity index (χ2v) is 5.85. The third-order valence-electron chi connectivity index (χ3n) is 4.17. The number of benzene rings is 1. The molecule has 0 fully saturated rings. The van der Waals surface area contributed by atoms with Crippen molar-refractivity contribution in [2.75, 3.05) is 11.4 Å². The summed E-state index contributed by atoms with van der Waals surface area (Å²) in [5, 5.41) is 11.2. The Morgan fingerprint density at radius 3 is 2.95 bits per heavy atom. The highest BCUT2D eigenvalue weighted by atomic mass is 16.2. The average Bonchev–Trinajstić information content (AvgIpc) is 3.06. The minimum Gasteiger partial charge on any atom is -0.319 e. The van der Waals surface area contributed by atoms with Crippen LogP contribution in [0.25, 0.3) is 0 Å². The summed E-state index contributed by atoms with van der Waals surface area (Å²) < 4.78 is 1.86. The van der Waals surface area contributed by atoms with Crippen LogP contribution < -0.4 is 10.2 Å². The van der Waals surface area contributed by atoms with E-state index in [2.05, 4.69) is 28.5 Å². The maximum atomic E-state index is 12.6. The number of carbonyl (C=O) groups is 1. The van der Waals surface area contributed by atoms with Crippen LogP contribution in [-0.2, 0) is 18.3 Å². The van der Waals surface area contributed by atoms with E-state index in [-0.39, 0.29) is 24.5 Å². The molecular formula is C16H21N5O. The molecule has 1 aliphatic rings. The normalized spacial score (nSPS) is 18.3. The van der Waals surface area contributed by atoms with Gasteiger partial charge in [-0.1, -0.05) is 18.2 Å². The number of nitrogens with zero attached hydrogens (tertiary/aromatic N) is 4. The molecule has 3 rings (SSSR count). The lowest BCUT2D eigenvalue weighted by atomic mass is 10.1. The molecule has 2 aromatic rings. The van der Waals surface area contributed by atoms with Gasteiger partial charge in [-0.3, -0.25) is 10.1 Å². The predicted octanol–water partition coefficient (Wildman–Crippen LogP) is 1.44. The van der Waals surface area contributed by atoms with Crippen molar-refractivity contribution in [1.82, 2.24) is 20.1 Å². The molecule has 2 heterocycles. The highest BCUT2D eigenvalue weighted by Gasteiger charge is 2.30. The van der Waals surface area contributed by atoms with Crippen LogP contribution in [0, 0.1) is 0 Å². The number of para-hydroxylation sites is 1. The van der Waals surface area contributed by atoms with Crippen LogP contribution >= 0.6 is 0 Å². The maximum Gasteiger partial charge on any atom is 0.241 e. The number of amides is 1. The summed E-state index contributed by atoms with van der Waals surface area (Å²) in [5.41, 5.74) is 2.28. The standard InChI is InChI=1S/C16H21N5O/c1-11-8-13-6-4-5-7-14(13)21(11)15(22)9-17-12(2)16-19-18-10-20(16)3/h4-7,10-12,17H,8-9H2,1-3H3. The Morgan fingerprint density at radius 1 is 1.45 bits per heavy atom. The molecule has 1 aromatic carbocycles. The molecule has 6 nitrogen and oxygen atoms in total. The minimum atomic E-state index is -0.0235. The average molecular weight is 299 g/mol. The van der Waals surface area contributed by atoms with Crippen molar-refractivity contribution in [2.45, 2.75) is 32.4 Å². The summed E-state index contributed by atoms with van der Waals surface area (Å²) in [5.74, 6) is 0.911. The topological polar surface area (TPSA) is 63.1 Å². The zero-order valence-corrected chi connectivity index (χ0v) is 13.2. The van der Waals surface area contributed by atoms with Gasteiger partial charge in [-0.05, 0) is 31.9 Å². The van der Waals surface area contributed by atoms with Crippen molar-refractivity contribution in [3.63, 3.8) is 0 Å². The first kappa shape index (κ1) is 14.7. The van der Waals surface area contributed by atoms with Crippen LogP contribution in [0.3, 0.4) is 0 Å². The first-order valence-corrected chi connectivity index (χ1v) is 7.55. The smallest absolute Gasteiger partial charge is 0.241 e. The number of carbonyl (C=O) groups excluding carboxylic acids is 1. The van der Waals surface area contributed by atoms with Gasteiger partial charge >= 0.3 is 0 Å². The van der Waals surface area contributed by atoms with E-state index >= 15 is 0 Å². The fraction of sp³-hybridized carbons (Fsp3) is 0.438. The van der Waals surface area contributed by atoms with E-state index in [1.165, 1.54) is 5.56 Å². The molecule has 2 atom stereocenters. The number of hydrogen-bond acceptors (Lipinski definition) is 4.